The van der Waals surface area contributed by atoms with E-state index in [0.717, 1.165) is 0 Å². The predicted octanol–water partition coefficient (Wildman–Crippen LogP) is 0.373. The number of amides is 1. The van der Waals surface area contributed by atoms with Gasteiger partial charge in [0.05, 0.1) is 12.1 Å². The van der Waals surface area contributed by atoms with Gasteiger partial charge in [-0.1, -0.05) is 0 Å². The molecule has 5 heteroatoms. The predicted molar refractivity (Wildman–Crippen MR) is 70.4 cm³/mol. The third-order valence-corrected chi connectivity index (χ3v) is 3.82. The topological polar surface area (TPSA) is 61.8 Å². The number of hydrogen-bond donors (Lipinski definition) is 2. The van der Waals surface area contributed by atoms with Gasteiger partial charge >= 0.3 is 0 Å². The van der Waals surface area contributed by atoms with Gasteiger partial charge in [-0.3, -0.25) is 4.79 Å². The van der Waals surface area contributed by atoms with E-state index in [-0.39, 0.29) is 18.1 Å². The van der Waals surface area contributed by atoms with E-state index < -0.39 is 5.60 Å². The summed E-state index contributed by atoms with van der Waals surface area (Å²) in [5.41, 5.74) is -0.849. The summed E-state index contributed by atoms with van der Waals surface area (Å²) in [5.74, 6) is 0.0789. The Labute approximate surface area is 109 Å². The molecule has 0 bridgehead atoms. The van der Waals surface area contributed by atoms with E-state index in [9.17, 15) is 9.90 Å². The smallest absolute Gasteiger partial charge is 0.239 e. The highest BCUT2D eigenvalue weighted by Crippen LogP contribution is 2.24. The van der Waals surface area contributed by atoms with Crippen molar-refractivity contribution in [3.63, 3.8) is 0 Å². The van der Waals surface area contributed by atoms with Crippen molar-refractivity contribution in [2.24, 2.45) is 0 Å². The summed E-state index contributed by atoms with van der Waals surface area (Å²) in [7, 11) is 0. The molecular formula is C13H26N2O3. The second kappa shape index (κ2) is 6.50. The van der Waals surface area contributed by atoms with Gasteiger partial charge in [-0.2, -0.15) is 0 Å². The summed E-state index contributed by atoms with van der Waals surface area (Å²) < 4.78 is 5.37. The molecular weight excluding hydrogens is 232 g/mol. The number of nitrogens with zero attached hydrogens (tertiary/aromatic N) is 1. The van der Waals surface area contributed by atoms with Gasteiger partial charge in [0, 0.05) is 32.7 Å². The second-order valence-electron chi connectivity index (χ2n) is 4.98. The molecule has 0 aromatic rings. The van der Waals surface area contributed by atoms with Gasteiger partial charge < -0.3 is 20.1 Å². The molecule has 0 saturated carbocycles. The first-order valence-corrected chi connectivity index (χ1v) is 6.80. The van der Waals surface area contributed by atoms with E-state index >= 15 is 0 Å². The van der Waals surface area contributed by atoms with Crippen LogP contribution in [-0.2, 0) is 9.53 Å². The van der Waals surface area contributed by atoms with Crippen LogP contribution in [0.4, 0.5) is 0 Å². The van der Waals surface area contributed by atoms with Crippen molar-refractivity contribution in [3.8, 4) is 0 Å². The Morgan fingerprint density at radius 1 is 1.56 bits per heavy atom. The average molecular weight is 258 g/mol. The van der Waals surface area contributed by atoms with Gasteiger partial charge in [0.15, 0.2) is 0 Å². The van der Waals surface area contributed by atoms with E-state index in [0.29, 0.717) is 32.7 Å². The highest BCUT2D eigenvalue weighted by molar-refractivity contribution is 5.81. The van der Waals surface area contributed by atoms with E-state index in [1.165, 1.54) is 0 Å². The summed E-state index contributed by atoms with van der Waals surface area (Å²) >= 11 is 0. The molecule has 1 amide bonds. The molecule has 0 aliphatic carbocycles. The Hall–Kier alpha value is -0.650. The molecule has 18 heavy (non-hydrogen) atoms. The molecule has 3 atom stereocenters. The summed E-state index contributed by atoms with van der Waals surface area (Å²) in [4.78, 5) is 13.8. The number of hydrogen-bond acceptors (Lipinski definition) is 4. The fourth-order valence-corrected chi connectivity index (χ4v) is 2.23. The van der Waals surface area contributed by atoms with Crippen LogP contribution < -0.4 is 5.32 Å². The van der Waals surface area contributed by atoms with Crippen molar-refractivity contribution in [2.45, 2.75) is 51.9 Å². The Kier molecular flexibility index (Phi) is 5.56. The monoisotopic (exact) mass is 258 g/mol. The lowest BCUT2D eigenvalue weighted by atomic mass is 9.96. The molecule has 1 rings (SSSR count). The molecule has 0 radical (unpaired) electrons. The van der Waals surface area contributed by atoms with Gasteiger partial charge in [0.25, 0.3) is 0 Å². The van der Waals surface area contributed by atoms with Crippen LogP contribution in [0.3, 0.4) is 0 Å². The van der Waals surface area contributed by atoms with E-state index in [1.54, 1.807) is 4.90 Å². The highest BCUT2D eigenvalue weighted by atomic mass is 16.5. The van der Waals surface area contributed by atoms with Crippen LogP contribution in [0, 0.1) is 0 Å². The maximum atomic E-state index is 12.0. The fraction of sp³-hybridized carbons (Fsp3) is 0.923. The maximum absolute atomic E-state index is 12.0. The van der Waals surface area contributed by atoms with Crippen molar-refractivity contribution in [1.29, 1.82) is 0 Å². The molecule has 0 aromatic heterocycles. The van der Waals surface area contributed by atoms with Gasteiger partial charge in [0.1, 0.15) is 5.60 Å². The van der Waals surface area contributed by atoms with Crippen LogP contribution in [-0.4, -0.2) is 59.9 Å². The molecule has 1 aliphatic heterocycles. The summed E-state index contributed by atoms with van der Waals surface area (Å²) in [6, 6.07) is -0.276. The molecule has 1 heterocycles. The molecule has 2 N–H and O–H groups in total. The zero-order valence-electron chi connectivity index (χ0n) is 11.9. The lowest BCUT2D eigenvalue weighted by molar-refractivity contribution is -0.133. The minimum Gasteiger partial charge on any atom is -0.386 e. The van der Waals surface area contributed by atoms with Gasteiger partial charge in [0.2, 0.25) is 5.91 Å². The lowest BCUT2D eigenvalue weighted by Gasteiger charge is -2.29. The molecule has 106 valence electrons. The van der Waals surface area contributed by atoms with Crippen LogP contribution in [0.2, 0.25) is 0 Å². The standard InChI is InChI=1S/C13H26N2O3/c1-5-15(6-2)12(16)10(3)14-9-13(17)7-8-18-11(13)4/h10-11,14,17H,5-9H2,1-4H3. The molecule has 0 aromatic carbocycles. The number of carbonyl (C=O) groups is 1. The Bertz CT molecular complexity index is 281. The zero-order chi connectivity index (χ0) is 13.8. The number of nitrogens with one attached hydrogen (secondary N) is 1. The van der Waals surface area contributed by atoms with E-state index in [4.69, 9.17) is 4.74 Å². The normalized spacial score (nSPS) is 29.3. The number of ether oxygens (including phenoxy) is 1. The van der Waals surface area contributed by atoms with E-state index in [1.807, 2.05) is 27.7 Å². The highest BCUT2D eigenvalue weighted by Gasteiger charge is 2.39. The summed E-state index contributed by atoms with van der Waals surface area (Å²) in [6.07, 6.45) is 0.439. The Morgan fingerprint density at radius 2 is 2.17 bits per heavy atom. The van der Waals surface area contributed by atoms with Crippen molar-refractivity contribution >= 4 is 5.91 Å². The van der Waals surface area contributed by atoms with Crippen LogP contribution in [0.25, 0.3) is 0 Å². The van der Waals surface area contributed by atoms with Gasteiger partial charge in [-0.15, -0.1) is 0 Å². The van der Waals surface area contributed by atoms with Crippen LogP contribution in [0.5, 0.6) is 0 Å². The molecule has 0 spiro atoms. The molecule has 1 saturated heterocycles. The molecule has 1 fully saturated rings. The van der Waals surface area contributed by atoms with Crippen LogP contribution >= 0.6 is 0 Å². The minimum absolute atomic E-state index is 0.0789. The minimum atomic E-state index is -0.849. The molecule has 3 unspecified atom stereocenters. The number of likely N-dealkylation sites (N-methyl/N-ethyl adjacent to an activating group) is 1. The molecule has 1 aliphatic rings. The number of carbonyl (C=O) groups excluding carboxylic acids is 1. The number of rotatable bonds is 6. The summed E-state index contributed by atoms with van der Waals surface area (Å²) in [6.45, 7) is 10.0. The molecule has 5 nitrogen and oxygen atoms in total. The largest absolute Gasteiger partial charge is 0.386 e. The first-order valence-electron chi connectivity index (χ1n) is 6.80. The van der Waals surface area contributed by atoms with Crippen molar-refractivity contribution in [3.05, 3.63) is 0 Å². The lowest BCUT2D eigenvalue weighted by Crippen LogP contribution is -2.52. The number of aliphatic hydroxyl groups is 1. The third-order valence-electron chi connectivity index (χ3n) is 3.82. The first kappa shape index (κ1) is 15.4. The quantitative estimate of drug-likeness (QED) is 0.723. The first-order chi connectivity index (χ1) is 8.44. The van der Waals surface area contributed by atoms with Gasteiger partial charge in [-0.25, -0.2) is 0 Å². The van der Waals surface area contributed by atoms with E-state index in [2.05, 4.69) is 5.32 Å². The Balaban J connectivity index is 2.45. The van der Waals surface area contributed by atoms with Crippen molar-refractivity contribution < 1.29 is 14.6 Å². The third kappa shape index (κ3) is 3.43. The van der Waals surface area contributed by atoms with Crippen molar-refractivity contribution in [2.75, 3.05) is 26.2 Å². The Morgan fingerprint density at radius 3 is 2.61 bits per heavy atom. The van der Waals surface area contributed by atoms with Crippen LogP contribution in [0.15, 0.2) is 0 Å². The second-order valence-corrected chi connectivity index (χ2v) is 4.98. The SMILES string of the molecule is CCN(CC)C(=O)C(C)NCC1(O)CCOC1C. The fourth-order valence-electron chi connectivity index (χ4n) is 2.23. The zero-order valence-corrected chi connectivity index (χ0v) is 11.9. The van der Waals surface area contributed by atoms with Gasteiger partial charge in [-0.05, 0) is 27.7 Å². The summed E-state index contributed by atoms with van der Waals surface area (Å²) in [5, 5.41) is 13.5. The average Bonchev–Trinajstić information content (AvgIpc) is 2.68. The van der Waals surface area contributed by atoms with Crippen LogP contribution in [0.1, 0.15) is 34.1 Å². The van der Waals surface area contributed by atoms with Crippen molar-refractivity contribution in [1.82, 2.24) is 10.2 Å². The maximum Gasteiger partial charge on any atom is 0.239 e.